The topological polar surface area (TPSA) is 44.4 Å². The predicted octanol–water partition coefficient (Wildman–Crippen LogP) is 1.90. The van der Waals surface area contributed by atoms with Crippen LogP contribution in [0.4, 0.5) is 5.69 Å². The van der Waals surface area contributed by atoms with Crippen molar-refractivity contribution in [2.45, 2.75) is 0 Å². The summed E-state index contributed by atoms with van der Waals surface area (Å²) >= 11 is 5.12. The molecule has 0 saturated carbocycles. The number of carbonyl (C=O) groups excluding carboxylic acids is 1. The number of likely N-dealkylation sites (N-methyl/N-ethyl adjacent to an activating group) is 1. The number of hydrogen-bond acceptors (Lipinski definition) is 3. The Kier molecular flexibility index (Phi) is 6.18. The van der Waals surface area contributed by atoms with Gasteiger partial charge in [0.2, 0.25) is 0 Å². The summed E-state index contributed by atoms with van der Waals surface area (Å²) < 4.78 is 0. The first-order valence-electron chi connectivity index (χ1n) is 5.96. The quantitative estimate of drug-likeness (QED) is 0.472. The molecule has 0 aliphatic heterocycles. The molecular formula is C14H19N3OS. The Morgan fingerprint density at radius 3 is 2.84 bits per heavy atom. The standard InChI is InChI=1S/C14H19N3OS/c1-4-8-15-14(19)16-12-7-5-6-11(9-12)13(18)10-17(2)3/h4-7,9H,1,8,10H2,2-3H3,(H2,15,16,19). The molecule has 0 radical (unpaired) electrons. The van der Waals surface area contributed by atoms with E-state index < -0.39 is 0 Å². The summed E-state index contributed by atoms with van der Waals surface area (Å²) in [7, 11) is 3.74. The lowest BCUT2D eigenvalue weighted by Crippen LogP contribution is -2.28. The fourth-order valence-corrected chi connectivity index (χ4v) is 1.69. The number of benzene rings is 1. The highest BCUT2D eigenvalue weighted by atomic mass is 32.1. The van der Waals surface area contributed by atoms with Crippen molar-refractivity contribution in [3.05, 3.63) is 42.5 Å². The molecule has 1 aromatic rings. The van der Waals surface area contributed by atoms with Gasteiger partial charge in [0.25, 0.3) is 0 Å². The molecule has 4 nitrogen and oxygen atoms in total. The second-order valence-corrected chi connectivity index (χ2v) is 4.77. The minimum atomic E-state index is 0.0821. The van der Waals surface area contributed by atoms with E-state index >= 15 is 0 Å². The van der Waals surface area contributed by atoms with Crippen molar-refractivity contribution in [2.75, 3.05) is 32.5 Å². The number of thiocarbonyl (C=S) groups is 1. The summed E-state index contributed by atoms with van der Waals surface area (Å²) in [6.45, 7) is 4.60. The lowest BCUT2D eigenvalue weighted by atomic mass is 10.1. The average molecular weight is 277 g/mol. The van der Waals surface area contributed by atoms with E-state index in [-0.39, 0.29) is 5.78 Å². The van der Waals surface area contributed by atoms with Gasteiger partial charge in [0.1, 0.15) is 0 Å². The van der Waals surface area contributed by atoms with Crippen LogP contribution in [-0.2, 0) is 0 Å². The summed E-state index contributed by atoms with van der Waals surface area (Å²) in [5, 5.41) is 6.51. The number of rotatable bonds is 6. The fourth-order valence-electron chi connectivity index (χ4n) is 1.49. The van der Waals surface area contributed by atoms with Crippen LogP contribution in [-0.4, -0.2) is 43.0 Å². The highest BCUT2D eigenvalue weighted by molar-refractivity contribution is 7.80. The molecule has 0 bridgehead atoms. The van der Waals surface area contributed by atoms with Gasteiger partial charge in [-0.1, -0.05) is 18.2 Å². The normalized spacial score (nSPS) is 10.1. The maximum Gasteiger partial charge on any atom is 0.176 e. The zero-order chi connectivity index (χ0) is 14.3. The molecule has 0 heterocycles. The van der Waals surface area contributed by atoms with E-state index in [1.165, 1.54) is 0 Å². The SMILES string of the molecule is C=CCNC(=S)Nc1cccc(C(=O)CN(C)C)c1. The third-order valence-electron chi connectivity index (χ3n) is 2.31. The minimum absolute atomic E-state index is 0.0821. The molecule has 0 unspecified atom stereocenters. The van der Waals surface area contributed by atoms with Gasteiger partial charge in [-0.25, -0.2) is 0 Å². The van der Waals surface area contributed by atoms with Crippen molar-refractivity contribution in [3.63, 3.8) is 0 Å². The Bertz CT molecular complexity index is 472. The Hall–Kier alpha value is -1.72. The van der Waals surface area contributed by atoms with Crippen LogP contribution in [0.25, 0.3) is 0 Å². The minimum Gasteiger partial charge on any atom is -0.359 e. The first kappa shape index (κ1) is 15.3. The maximum atomic E-state index is 11.9. The molecule has 0 atom stereocenters. The summed E-state index contributed by atoms with van der Waals surface area (Å²) in [6, 6.07) is 7.31. The van der Waals surface area contributed by atoms with Crippen LogP contribution in [0.5, 0.6) is 0 Å². The molecule has 1 rings (SSSR count). The van der Waals surface area contributed by atoms with Gasteiger partial charge in [0.05, 0.1) is 6.54 Å². The van der Waals surface area contributed by atoms with E-state index in [4.69, 9.17) is 12.2 Å². The maximum absolute atomic E-state index is 11.9. The molecule has 2 N–H and O–H groups in total. The summed E-state index contributed by atoms with van der Waals surface area (Å²) in [5.74, 6) is 0.0821. The first-order chi connectivity index (χ1) is 9.02. The largest absolute Gasteiger partial charge is 0.359 e. The van der Waals surface area contributed by atoms with E-state index in [2.05, 4.69) is 17.2 Å². The lowest BCUT2D eigenvalue weighted by Gasteiger charge is -2.11. The van der Waals surface area contributed by atoms with Crippen LogP contribution in [0.2, 0.25) is 0 Å². The lowest BCUT2D eigenvalue weighted by molar-refractivity contribution is 0.0958. The zero-order valence-electron chi connectivity index (χ0n) is 11.3. The van der Waals surface area contributed by atoms with Crippen molar-refractivity contribution in [1.29, 1.82) is 0 Å². The molecule has 5 heteroatoms. The van der Waals surface area contributed by atoms with Crippen LogP contribution in [0, 0.1) is 0 Å². The second kappa shape index (κ2) is 7.66. The van der Waals surface area contributed by atoms with Crippen LogP contribution in [0.3, 0.4) is 0 Å². The third-order valence-corrected chi connectivity index (χ3v) is 2.56. The van der Waals surface area contributed by atoms with E-state index in [0.29, 0.717) is 23.8 Å². The molecule has 0 fully saturated rings. The van der Waals surface area contributed by atoms with Gasteiger partial charge in [-0.15, -0.1) is 6.58 Å². The number of Topliss-reactive ketones (excluding diaryl/α,β-unsaturated/α-hetero) is 1. The molecule has 102 valence electrons. The average Bonchev–Trinajstić information content (AvgIpc) is 2.36. The Labute approximate surface area is 119 Å². The molecule has 0 aromatic heterocycles. The Balaban J connectivity index is 2.69. The van der Waals surface area contributed by atoms with Gasteiger partial charge in [-0.2, -0.15) is 0 Å². The number of nitrogens with zero attached hydrogens (tertiary/aromatic N) is 1. The van der Waals surface area contributed by atoms with Crippen LogP contribution < -0.4 is 10.6 Å². The van der Waals surface area contributed by atoms with Crippen molar-refractivity contribution in [1.82, 2.24) is 10.2 Å². The molecule has 0 amide bonds. The molecule has 0 aliphatic rings. The second-order valence-electron chi connectivity index (χ2n) is 4.37. The molecule has 0 saturated heterocycles. The number of anilines is 1. The predicted molar refractivity (Wildman–Crippen MR) is 83.7 cm³/mol. The van der Waals surface area contributed by atoms with E-state index in [9.17, 15) is 4.79 Å². The summed E-state index contributed by atoms with van der Waals surface area (Å²) in [5.41, 5.74) is 1.47. The summed E-state index contributed by atoms with van der Waals surface area (Å²) in [4.78, 5) is 13.8. The first-order valence-corrected chi connectivity index (χ1v) is 6.37. The zero-order valence-corrected chi connectivity index (χ0v) is 12.1. The van der Waals surface area contributed by atoms with E-state index in [1.54, 1.807) is 18.2 Å². The molecule has 19 heavy (non-hydrogen) atoms. The Morgan fingerprint density at radius 2 is 2.21 bits per heavy atom. The number of ketones is 1. The third kappa shape index (κ3) is 5.63. The highest BCUT2D eigenvalue weighted by Gasteiger charge is 2.07. The highest BCUT2D eigenvalue weighted by Crippen LogP contribution is 2.11. The van der Waals surface area contributed by atoms with Crippen LogP contribution in [0.15, 0.2) is 36.9 Å². The molecule has 1 aromatic carbocycles. The van der Waals surface area contributed by atoms with Gasteiger partial charge in [0.15, 0.2) is 10.9 Å². The smallest absolute Gasteiger partial charge is 0.176 e. The number of carbonyl (C=O) groups is 1. The van der Waals surface area contributed by atoms with Crippen molar-refractivity contribution in [2.24, 2.45) is 0 Å². The summed E-state index contributed by atoms with van der Waals surface area (Å²) in [6.07, 6.45) is 1.73. The van der Waals surface area contributed by atoms with Gasteiger partial charge in [0, 0.05) is 17.8 Å². The molecule has 0 aliphatic carbocycles. The van der Waals surface area contributed by atoms with E-state index in [1.807, 2.05) is 31.1 Å². The fraction of sp³-hybridized carbons (Fsp3) is 0.286. The number of nitrogens with one attached hydrogen (secondary N) is 2. The van der Waals surface area contributed by atoms with Gasteiger partial charge in [-0.3, -0.25) is 4.79 Å². The van der Waals surface area contributed by atoms with Gasteiger partial charge >= 0.3 is 0 Å². The van der Waals surface area contributed by atoms with Crippen molar-refractivity contribution >= 4 is 28.8 Å². The van der Waals surface area contributed by atoms with Crippen LogP contribution in [0.1, 0.15) is 10.4 Å². The molecular weight excluding hydrogens is 258 g/mol. The van der Waals surface area contributed by atoms with Crippen molar-refractivity contribution in [3.8, 4) is 0 Å². The monoisotopic (exact) mass is 277 g/mol. The Morgan fingerprint density at radius 1 is 1.47 bits per heavy atom. The van der Waals surface area contributed by atoms with Gasteiger partial charge in [-0.05, 0) is 38.4 Å². The number of hydrogen-bond donors (Lipinski definition) is 2. The van der Waals surface area contributed by atoms with Gasteiger partial charge < -0.3 is 15.5 Å². The molecule has 0 spiro atoms. The van der Waals surface area contributed by atoms with Crippen LogP contribution >= 0.6 is 12.2 Å². The van der Waals surface area contributed by atoms with E-state index in [0.717, 1.165) is 5.69 Å². The van der Waals surface area contributed by atoms with Crippen molar-refractivity contribution < 1.29 is 4.79 Å².